The lowest BCUT2D eigenvalue weighted by atomic mass is 10.0. The van der Waals surface area contributed by atoms with Crippen LogP contribution in [0.4, 0.5) is 0 Å². The molecule has 2 aromatic rings. The van der Waals surface area contributed by atoms with Crippen molar-refractivity contribution >= 4 is 5.91 Å². The molecule has 0 saturated carbocycles. The second-order valence-corrected chi connectivity index (χ2v) is 6.87. The molecule has 25 heavy (non-hydrogen) atoms. The number of rotatable bonds is 6. The number of nitrogens with zero attached hydrogens (tertiary/aromatic N) is 4. The number of likely N-dealkylation sites (N-methyl/N-ethyl adjacent to an activating group) is 1. The van der Waals surface area contributed by atoms with Crippen LogP contribution in [0.5, 0.6) is 0 Å². The van der Waals surface area contributed by atoms with Gasteiger partial charge in [-0.05, 0) is 38.6 Å². The van der Waals surface area contributed by atoms with Gasteiger partial charge in [0.05, 0.1) is 24.0 Å². The van der Waals surface area contributed by atoms with Crippen LogP contribution in [-0.2, 0) is 17.8 Å². The highest BCUT2D eigenvalue weighted by molar-refractivity contribution is 5.78. The van der Waals surface area contributed by atoms with Crippen molar-refractivity contribution in [1.82, 2.24) is 25.0 Å². The summed E-state index contributed by atoms with van der Waals surface area (Å²) in [6, 6.07) is 7.75. The Kier molecular flexibility index (Phi) is 5.45. The molecule has 2 aromatic heterocycles. The van der Waals surface area contributed by atoms with Crippen molar-refractivity contribution < 1.29 is 9.90 Å². The Morgan fingerprint density at radius 3 is 2.92 bits per heavy atom. The quantitative estimate of drug-likeness (QED) is 0.803. The number of aryl methyl sites for hydroxylation is 1. The minimum absolute atomic E-state index is 0.0350. The molecule has 1 amide bonds. The number of aromatic amines is 1. The zero-order valence-electron chi connectivity index (χ0n) is 14.7. The smallest absolute Gasteiger partial charge is 0.236 e. The monoisotopic (exact) mass is 343 g/mol. The van der Waals surface area contributed by atoms with Crippen LogP contribution in [0.15, 0.2) is 30.5 Å². The largest absolute Gasteiger partial charge is 0.391 e. The standard InChI is InChI=1S/C18H25N5O2/c1-13-7-16(21-20-13)8-14-9-23(11-17(14)24)18(25)12-22(2)10-15-5-3-4-6-19-15/h3-7,14,17,24H,8-12H2,1-2H3,(H,20,21)/t14-,17-/m1/s1. The maximum Gasteiger partial charge on any atom is 0.236 e. The van der Waals surface area contributed by atoms with E-state index in [0.29, 0.717) is 32.6 Å². The number of carbonyl (C=O) groups excluding carboxylic acids is 1. The highest BCUT2D eigenvalue weighted by Crippen LogP contribution is 2.21. The molecule has 0 radical (unpaired) electrons. The maximum atomic E-state index is 12.5. The Labute approximate surface area is 147 Å². The molecule has 3 rings (SSSR count). The van der Waals surface area contributed by atoms with Crippen LogP contribution in [-0.4, -0.2) is 68.8 Å². The summed E-state index contributed by atoms with van der Waals surface area (Å²) in [7, 11) is 1.91. The van der Waals surface area contributed by atoms with Gasteiger partial charge < -0.3 is 10.0 Å². The predicted molar refractivity (Wildman–Crippen MR) is 93.7 cm³/mol. The fourth-order valence-corrected chi connectivity index (χ4v) is 3.26. The molecule has 2 atom stereocenters. The maximum absolute atomic E-state index is 12.5. The molecule has 1 fully saturated rings. The number of carbonyl (C=O) groups is 1. The normalized spacial score (nSPS) is 20.4. The van der Waals surface area contributed by atoms with Crippen LogP contribution in [0, 0.1) is 12.8 Å². The van der Waals surface area contributed by atoms with Gasteiger partial charge in [0, 0.05) is 37.4 Å². The van der Waals surface area contributed by atoms with Gasteiger partial charge in [-0.2, -0.15) is 5.10 Å². The van der Waals surface area contributed by atoms with Crippen LogP contribution in [0.3, 0.4) is 0 Å². The molecule has 0 spiro atoms. The first-order chi connectivity index (χ1) is 12.0. The Morgan fingerprint density at radius 1 is 1.40 bits per heavy atom. The molecule has 0 aromatic carbocycles. The van der Waals surface area contributed by atoms with Crippen LogP contribution >= 0.6 is 0 Å². The zero-order valence-corrected chi connectivity index (χ0v) is 14.7. The number of β-amino-alcohol motifs (C(OH)–C–C–N with tert-alkyl or cyclic N) is 1. The van der Waals surface area contributed by atoms with E-state index in [9.17, 15) is 9.90 Å². The first-order valence-electron chi connectivity index (χ1n) is 8.56. The number of aliphatic hydroxyl groups is 1. The Hall–Kier alpha value is -2.25. The van der Waals surface area contributed by atoms with Crippen molar-refractivity contribution in [2.75, 3.05) is 26.7 Å². The van der Waals surface area contributed by atoms with Crippen molar-refractivity contribution in [3.05, 3.63) is 47.5 Å². The lowest BCUT2D eigenvalue weighted by molar-refractivity contribution is -0.131. The van der Waals surface area contributed by atoms with Gasteiger partial charge in [-0.3, -0.25) is 19.8 Å². The van der Waals surface area contributed by atoms with Gasteiger partial charge in [0.25, 0.3) is 0 Å². The number of likely N-dealkylation sites (tertiary alicyclic amines) is 1. The zero-order chi connectivity index (χ0) is 17.8. The number of aliphatic hydroxyl groups excluding tert-OH is 1. The molecule has 1 aliphatic rings. The molecular weight excluding hydrogens is 318 g/mol. The lowest BCUT2D eigenvalue weighted by Gasteiger charge is -2.21. The third-order valence-corrected chi connectivity index (χ3v) is 4.55. The number of hydrogen-bond acceptors (Lipinski definition) is 5. The van der Waals surface area contributed by atoms with Gasteiger partial charge >= 0.3 is 0 Å². The molecule has 7 nitrogen and oxygen atoms in total. The molecule has 1 saturated heterocycles. The van der Waals surface area contributed by atoms with E-state index >= 15 is 0 Å². The number of pyridine rings is 1. The first-order valence-corrected chi connectivity index (χ1v) is 8.56. The summed E-state index contributed by atoms with van der Waals surface area (Å²) in [5.74, 6) is 0.0749. The van der Waals surface area contributed by atoms with E-state index < -0.39 is 6.10 Å². The Balaban J connectivity index is 1.51. The highest BCUT2D eigenvalue weighted by Gasteiger charge is 2.34. The minimum atomic E-state index is -0.498. The van der Waals surface area contributed by atoms with Crippen molar-refractivity contribution in [2.45, 2.75) is 26.0 Å². The molecule has 2 N–H and O–H groups in total. The Bertz CT molecular complexity index is 703. The molecule has 134 valence electrons. The van der Waals surface area contributed by atoms with Crippen molar-refractivity contribution in [3.63, 3.8) is 0 Å². The van der Waals surface area contributed by atoms with Gasteiger partial charge in [-0.1, -0.05) is 6.07 Å². The number of amides is 1. The summed E-state index contributed by atoms with van der Waals surface area (Å²) in [6.07, 6.45) is 1.93. The van der Waals surface area contributed by atoms with Crippen LogP contribution in [0.2, 0.25) is 0 Å². The molecule has 1 aliphatic heterocycles. The molecule has 0 bridgehead atoms. The summed E-state index contributed by atoms with van der Waals surface area (Å²) in [4.78, 5) is 20.5. The van der Waals surface area contributed by atoms with Crippen molar-refractivity contribution in [1.29, 1.82) is 0 Å². The lowest BCUT2D eigenvalue weighted by Crippen LogP contribution is -2.38. The van der Waals surface area contributed by atoms with Crippen LogP contribution in [0.1, 0.15) is 17.1 Å². The SMILES string of the molecule is Cc1cc(C[C@@H]2CN(C(=O)CN(C)Cc3ccccn3)C[C@H]2O)n[nH]1. The van der Waals surface area contributed by atoms with E-state index in [1.807, 2.05) is 43.1 Å². The van der Waals surface area contributed by atoms with E-state index in [1.54, 1.807) is 11.1 Å². The number of nitrogens with one attached hydrogen (secondary N) is 1. The summed E-state index contributed by atoms with van der Waals surface area (Å²) < 4.78 is 0. The van der Waals surface area contributed by atoms with Gasteiger partial charge in [-0.25, -0.2) is 0 Å². The fourth-order valence-electron chi connectivity index (χ4n) is 3.26. The van der Waals surface area contributed by atoms with E-state index in [2.05, 4.69) is 15.2 Å². The molecule has 0 aliphatic carbocycles. The topological polar surface area (TPSA) is 85.3 Å². The van der Waals surface area contributed by atoms with Crippen molar-refractivity contribution in [2.24, 2.45) is 5.92 Å². The van der Waals surface area contributed by atoms with Crippen LogP contribution in [0.25, 0.3) is 0 Å². The molecule has 7 heteroatoms. The third kappa shape index (κ3) is 4.64. The number of hydrogen-bond donors (Lipinski definition) is 2. The van der Waals surface area contributed by atoms with Crippen molar-refractivity contribution in [3.8, 4) is 0 Å². The van der Waals surface area contributed by atoms with Gasteiger partial charge in [-0.15, -0.1) is 0 Å². The van der Waals surface area contributed by atoms with E-state index in [-0.39, 0.29) is 11.8 Å². The van der Waals surface area contributed by atoms with Crippen LogP contribution < -0.4 is 0 Å². The number of aromatic nitrogens is 3. The summed E-state index contributed by atoms with van der Waals surface area (Å²) in [5.41, 5.74) is 2.88. The molecule has 3 heterocycles. The minimum Gasteiger partial charge on any atom is -0.391 e. The average molecular weight is 343 g/mol. The van der Waals surface area contributed by atoms with E-state index in [4.69, 9.17) is 0 Å². The van der Waals surface area contributed by atoms with Gasteiger partial charge in [0.2, 0.25) is 5.91 Å². The molecule has 0 unspecified atom stereocenters. The van der Waals surface area contributed by atoms with E-state index in [1.165, 1.54) is 0 Å². The second-order valence-electron chi connectivity index (χ2n) is 6.87. The van der Waals surface area contributed by atoms with E-state index in [0.717, 1.165) is 17.1 Å². The molecular formula is C18H25N5O2. The fraction of sp³-hybridized carbons (Fsp3) is 0.500. The predicted octanol–water partition coefficient (Wildman–Crippen LogP) is 0.607. The third-order valence-electron chi connectivity index (χ3n) is 4.55. The van der Waals surface area contributed by atoms with Gasteiger partial charge in [0.15, 0.2) is 0 Å². The number of H-pyrrole nitrogens is 1. The van der Waals surface area contributed by atoms with Gasteiger partial charge in [0.1, 0.15) is 0 Å². The summed E-state index contributed by atoms with van der Waals surface area (Å²) in [6.45, 7) is 3.86. The average Bonchev–Trinajstić information content (AvgIpc) is 3.15. The summed E-state index contributed by atoms with van der Waals surface area (Å²) >= 11 is 0. The second kappa shape index (κ2) is 7.76. The first kappa shape index (κ1) is 17.6. The Morgan fingerprint density at radius 2 is 2.24 bits per heavy atom. The summed E-state index contributed by atoms with van der Waals surface area (Å²) in [5, 5.41) is 17.4. The highest BCUT2D eigenvalue weighted by atomic mass is 16.3.